The lowest BCUT2D eigenvalue weighted by Gasteiger charge is -2.17. The predicted molar refractivity (Wildman–Crippen MR) is 102 cm³/mol. The summed E-state index contributed by atoms with van der Waals surface area (Å²) in [4.78, 5) is 10.8. The van der Waals surface area contributed by atoms with E-state index in [0.29, 0.717) is 0 Å². The maximum Gasteiger partial charge on any atom is 0.311 e. The zero-order chi connectivity index (χ0) is 18.0. The zero-order valence-electron chi connectivity index (χ0n) is 16.6. The minimum absolute atomic E-state index is 0.134. The highest BCUT2D eigenvalue weighted by Gasteiger charge is 2.25. The van der Waals surface area contributed by atoms with Crippen molar-refractivity contribution in [2.45, 2.75) is 105 Å². The number of carbonyl (C=O) groups is 1. The fourth-order valence-corrected chi connectivity index (χ4v) is 2.23. The molecule has 0 radical (unpaired) electrons. The molecule has 0 saturated carbocycles. The standard InChI is InChI=1S/C13H29N.C7H14O2/c1-2-3-4-5-6-7-8-9-10-11-12-13-14;1-5-7(2,3)6(8)9-4/h2-14H2,1H3;5H2,1-4H3. The molecule has 3 nitrogen and oxygen atoms in total. The first-order valence-electron chi connectivity index (χ1n) is 9.74. The first kappa shape index (κ1) is 24.7. The van der Waals surface area contributed by atoms with Crippen LogP contribution in [0.1, 0.15) is 105 Å². The third-order valence-electron chi connectivity index (χ3n) is 4.43. The molecule has 0 aliphatic heterocycles. The minimum atomic E-state index is -0.311. The van der Waals surface area contributed by atoms with E-state index < -0.39 is 0 Å². The monoisotopic (exact) mass is 329 g/mol. The maximum atomic E-state index is 10.8. The highest BCUT2D eigenvalue weighted by Crippen LogP contribution is 2.20. The Morgan fingerprint density at radius 2 is 1.22 bits per heavy atom. The molecule has 0 heterocycles. The van der Waals surface area contributed by atoms with Gasteiger partial charge in [0.15, 0.2) is 0 Å². The van der Waals surface area contributed by atoms with Crippen molar-refractivity contribution < 1.29 is 9.53 Å². The lowest BCUT2D eigenvalue weighted by Crippen LogP contribution is -2.24. The number of hydrogen-bond acceptors (Lipinski definition) is 3. The van der Waals surface area contributed by atoms with Crippen LogP contribution in [0, 0.1) is 5.41 Å². The van der Waals surface area contributed by atoms with E-state index in [-0.39, 0.29) is 11.4 Å². The van der Waals surface area contributed by atoms with Crippen molar-refractivity contribution in [1.82, 2.24) is 0 Å². The molecule has 0 aliphatic carbocycles. The Labute approximate surface area is 145 Å². The van der Waals surface area contributed by atoms with Gasteiger partial charge in [0.2, 0.25) is 0 Å². The summed E-state index contributed by atoms with van der Waals surface area (Å²) in [6, 6.07) is 0. The van der Waals surface area contributed by atoms with Crippen LogP contribution in [-0.2, 0) is 9.53 Å². The first-order chi connectivity index (χ1) is 11.0. The van der Waals surface area contributed by atoms with E-state index in [1.54, 1.807) is 0 Å². The molecule has 0 amide bonds. The molecule has 2 N–H and O–H groups in total. The smallest absolute Gasteiger partial charge is 0.311 e. The number of methoxy groups -OCH3 is 1. The van der Waals surface area contributed by atoms with Gasteiger partial charge in [-0.1, -0.05) is 78.1 Å². The van der Waals surface area contributed by atoms with Gasteiger partial charge in [-0.3, -0.25) is 4.79 Å². The third kappa shape index (κ3) is 17.6. The number of nitrogens with two attached hydrogens (primary N) is 1. The summed E-state index contributed by atoms with van der Waals surface area (Å²) in [6.07, 6.45) is 16.2. The number of hydrogen-bond donors (Lipinski definition) is 1. The van der Waals surface area contributed by atoms with Crippen LogP contribution in [0.25, 0.3) is 0 Å². The van der Waals surface area contributed by atoms with Crippen LogP contribution < -0.4 is 5.73 Å². The van der Waals surface area contributed by atoms with E-state index in [2.05, 4.69) is 11.7 Å². The van der Waals surface area contributed by atoms with Gasteiger partial charge in [-0.05, 0) is 33.2 Å². The minimum Gasteiger partial charge on any atom is -0.469 e. The second kappa shape index (κ2) is 17.8. The van der Waals surface area contributed by atoms with Crippen molar-refractivity contribution in [1.29, 1.82) is 0 Å². The molecule has 0 unspecified atom stereocenters. The summed E-state index contributed by atoms with van der Waals surface area (Å²) in [5.41, 5.74) is 5.13. The average Bonchev–Trinajstić information content (AvgIpc) is 2.56. The fraction of sp³-hybridized carbons (Fsp3) is 0.950. The summed E-state index contributed by atoms with van der Waals surface area (Å²) in [6.45, 7) is 8.86. The van der Waals surface area contributed by atoms with E-state index in [1.807, 2.05) is 20.8 Å². The van der Waals surface area contributed by atoms with Gasteiger partial charge >= 0.3 is 5.97 Å². The number of unbranched alkanes of at least 4 members (excludes halogenated alkanes) is 10. The van der Waals surface area contributed by atoms with Gasteiger partial charge in [0.1, 0.15) is 0 Å². The predicted octanol–water partition coefficient (Wildman–Crippen LogP) is 5.85. The Balaban J connectivity index is 0. The molecule has 0 spiro atoms. The molecular formula is C20H43NO2. The molecule has 140 valence electrons. The van der Waals surface area contributed by atoms with E-state index in [0.717, 1.165) is 13.0 Å². The largest absolute Gasteiger partial charge is 0.469 e. The topological polar surface area (TPSA) is 52.3 Å². The summed E-state index contributed by atoms with van der Waals surface area (Å²) >= 11 is 0. The highest BCUT2D eigenvalue weighted by molar-refractivity contribution is 5.75. The van der Waals surface area contributed by atoms with Gasteiger partial charge in [-0.2, -0.15) is 0 Å². The van der Waals surface area contributed by atoms with Crippen LogP contribution in [0.2, 0.25) is 0 Å². The van der Waals surface area contributed by atoms with E-state index in [4.69, 9.17) is 5.73 Å². The Morgan fingerprint density at radius 1 is 0.826 bits per heavy atom. The molecule has 0 rings (SSSR count). The van der Waals surface area contributed by atoms with Crippen LogP contribution in [0.5, 0.6) is 0 Å². The van der Waals surface area contributed by atoms with Crippen molar-refractivity contribution in [2.24, 2.45) is 11.1 Å². The van der Waals surface area contributed by atoms with E-state index >= 15 is 0 Å². The summed E-state index contributed by atoms with van der Waals surface area (Å²) in [5, 5.41) is 0. The van der Waals surface area contributed by atoms with Gasteiger partial charge in [-0.15, -0.1) is 0 Å². The number of carbonyl (C=O) groups excluding carboxylic acids is 1. The number of rotatable bonds is 13. The van der Waals surface area contributed by atoms with Crippen LogP contribution >= 0.6 is 0 Å². The van der Waals surface area contributed by atoms with Crippen LogP contribution in [-0.4, -0.2) is 19.6 Å². The normalized spacial score (nSPS) is 10.9. The lowest BCUT2D eigenvalue weighted by atomic mass is 9.91. The van der Waals surface area contributed by atoms with Crippen molar-refractivity contribution in [2.75, 3.05) is 13.7 Å². The Hall–Kier alpha value is -0.570. The molecule has 0 aromatic heterocycles. The second-order valence-electron chi connectivity index (χ2n) is 7.05. The van der Waals surface area contributed by atoms with E-state index in [1.165, 1.54) is 77.7 Å². The van der Waals surface area contributed by atoms with Crippen LogP contribution in [0.15, 0.2) is 0 Å². The van der Waals surface area contributed by atoms with Crippen LogP contribution in [0.4, 0.5) is 0 Å². The SMILES string of the molecule is CCC(C)(C)C(=O)OC.CCCCCCCCCCCCCN. The van der Waals surface area contributed by atoms with Crippen molar-refractivity contribution >= 4 is 5.97 Å². The third-order valence-corrected chi connectivity index (χ3v) is 4.43. The fourth-order valence-electron chi connectivity index (χ4n) is 2.23. The lowest BCUT2D eigenvalue weighted by molar-refractivity contribution is -0.150. The molecule has 0 atom stereocenters. The van der Waals surface area contributed by atoms with Crippen LogP contribution in [0.3, 0.4) is 0 Å². The summed E-state index contributed by atoms with van der Waals surface area (Å²) in [5.74, 6) is -0.134. The zero-order valence-corrected chi connectivity index (χ0v) is 16.6. The summed E-state index contributed by atoms with van der Waals surface area (Å²) in [7, 11) is 1.42. The molecule has 0 fully saturated rings. The maximum absolute atomic E-state index is 10.8. The Kier molecular flexibility index (Phi) is 19.1. The molecular weight excluding hydrogens is 286 g/mol. The molecule has 0 saturated heterocycles. The van der Waals surface area contributed by atoms with Gasteiger partial charge in [-0.25, -0.2) is 0 Å². The number of ether oxygens (including phenoxy) is 1. The van der Waals surface area contributed by atoms with Gasteiger partial charge in [0.05, 0.1) is 12.5 Å². The second-order valence-corrected chi connectivity index (χ2v) is 7.05. The van der Waals surface area contributed by atoms with Gasteiger partial charge < -0.3 is 10.5 Å². The average molecular weight is 330 g/mol. The highest BCUT2D eigenvalue weighted by atomic mass is 16.5. The molecule has 0 bridgehead atoms. The summed E-state index contributed by atoms with van der Waals surface area (Å²) < 4.78 is 4.57. The van der Waals surface area contributed by atoms with Crippen molar-refractivity contribution in [3.05, 3.63) is 0 Å². The Morgan fingerprint density at radius 3 is 1.48 bits per heavy atom. The van der Waals surface area contributed by atoms with E-state index in [9.17, 15) is 4.79 Å². The molecule has 0 aliphatic rings. The van der Waals surface area contributed by atoms with Crippen molar-refractivity contribution in [3.8, 4) is 0 Å². The van der Waals surface area contributed by atoms with Gasteiger partial charge in [0.25, 0.3) is 0 Å². The van der Waals surface area contributed by atoms with Crippen molar-refractivity contribution in [3.63, 3.8) is 0 Å². The van der Waals surface area contributed by atoms with Gasteiger partial charge in [0, 0.05) is 0 Å². The Bertz CT molecular complexity index is 240. The first-order valence-corrected chi connectivity index (χ1v) is 9.74. The molecule has 0 aromatic carbocycles. The number of esters is 1. The molecule has 23 heavy (non-hydrogen) atoms. The quantitative estimate of drug-likeness (QED) is 0.340. The molecule has 0 aromatic rings. The molecule has 3 heteroatoms.